The maximum atomic E-state index is 11.8. The number of carbonyl (C=O) groups is 3. The summed E-state index contributed by atoms with van der Waals surface area (Å²) in [6.07, 6.45) is -3.18. The van der Waals surface area contributed by atoms with Crippen molar-refractivity contribution in [2.75, 3.05) is 13.2 Å². The summed E-state index contributed by atoms with van der Waals surface area (Å²) in [6, 6.07) is 6.06. The molecule has 1 aromatic rings. The van der Waals surface area contributed by atoms with Crippen molar-refractivity contribution < 1.29 is 38.1 Å². The normalized spacial score (nSPS) is 24.6. The van der Waals surface area contributed by atoms with Crippen molar-refractivity contribution in [2.45, 2.75) is 62.4 Å². The molecule has 0 radical (unpaired) electrons. The highest BCUT2D eigenvalue weighted by Gasteiger charge is 2.50. The molecule has 2 rings (SSSR count). The quantitative estimate of drug-likeness (QED) is 0.176. The van der Waals surface area contributed by atoms with E-state index < -0.39 is 47.7 Å². The predicted octanol–water partition coefficient (Wildman–Crippen LogP) is 3.01. The molecule has 0 N–H and O–H groups in total. The van der Waals surface area contributed by atoms with Crippen LogP contribution in [0.3, 0.4) is 0 Å². The first-order valence-electron chi connectivity index (χ1n) is 9.82. The minimum atomic E-state index is -1.14. The topological polar surface area (TPSA) is 146 Å². The monoisotopic (exact) mass is 467 g/mol. The number of azide groups is 1. The van der Waals surface area contributed by atoms with E-state index in [-0.39, 0.29) is 6.61 Å². The zero-order valence-corrected chi connectivity index (χ0v) is 18.9. The molecule has 0 amide bonds. The molecule has 1 aliphatic heterocycles. The second kappa shape index (κ2) is 12.2. The minimum Gasteiger partial charge on any atom is -0.494 e. The van der Waals surface area contributed by atoms with Crippen molar-refractivity contribution in [1.29, 1.82) is 0 Å². The van der Waals surface area contributed by atoms with Gasteiger partial charge in [0.1, 0.15) is 42.1 Å². The van der Waals surface area contributed by atoms with E-state index in [4.69, 9.17) is 29.2 Å². The van der Waals surface area contributed by atoms with E-state index >= 15 is 0 Å². The zero-order valence-electron chi connectivity index (χ0n) is 18.1. The first-order valence-corrected chi connectivity index (χ1v) is 10.7. The average Bonchev–Trinajstić information content (AvgIpc) is 2.71. The fourth-order valence-corrected chi connectivity index (χ4v) is 4.27. The van der Waals surface area contributed by atoms with Crippen molar-refractivity contribution in [1.82, 2.24) is 0 Å². The summed E-state index contributed by atoms with van der Waals surface area (Å²) in [7, 11) is 0. The number of benzene rings is 1. The molecular formula is C20H25N3O8S. The van der Waals surface area contributed by atoms with Crippen LogP contribution in [0.15, 0.2) is 34.3 Å². The summed E-state index contributed by atoms with van der Waals surface area (Å²) < 4.78 is 27.4. The molecule has 0 aliphatic carbocycles. The maximum Gasteiger partial charge on any atom is 0.303 e. The molecule has 32 heavy (non-hydrogen) atoms. The highest BCUT2D eigenvalue weighted by molar-refractivity contribution is 7.99. The molecule has 5 atom stereocenters. The zero-order chi connectivity index (χ0) is 23.7. The van der Waals surface area contributed by atoms with Gasteiger partial charge in [0.25, 0.3) is 0 Å². The molecule has 1 aliphatic rings. The van der Waals surface area contributed by atoms with Crippen LogP contribution in [-0.2, 0) is 33.3 Å². The third-order valence-electron chi connectivity index (χ3n) is 4.23. The first kappa shape index (κ1) is 25.3. The smallest absolute Gasteiger partial charge is 0.303 e. The van der Waals surface area contributed by atoms with Gasteiger partial charge in [0.15, 0.2) is 0 Å². The van der Waals surface area contributed by atoms with Crippen LogP contribution >= 0.6 is 11.8 Å². The Hall–Kier alpha value is -2.95. The molecular weight excluding hydrogens is 442 g/mol. The number of esters is 3. The standard InChI is InChI=1S/C20H25N3O8S/c1-5-27-14-7-6-8-15(9-14)32-20-19(30-13(4)26)17(22-23-21)18(29-12(3)25)16(31-20)10-28-11(2)24/h6-9,16-20H,5,10H2,1-4H3/t16?,17?,18-,19?,20+/m0/s1. The maximum absolute atomic E-state index is 11.8. The van der Waals surface area contributed by atoms with Crippen molar-refractivity contribution >= 4 is 29.7 Å². The van der Waals surface area contributed by atoms with Crippen molar-refractivity contribution in [2.24, 2.45) is 5.11 Å². The van der Waals surface area contributed by atoms with Gasteiger partial charge in [-0.05, 0) is 30.7 Å². The molecule has 0 spiro atoms. The summed E-state index contributed by atoms with van der Waals surface area (Å²) in [4.78, 5) is 38.4. The Morgan fingerprint density at radius 3 is 2.41 bits per heavy atom. The van der Waals surface area contributed by atoms with Gasteiger partial charge >= 0.3 is 17.9 Å². The van der Waals surface area contributed by atoms with Crippen molar-refractivity contribution in [3.8, 4) is 5.75 Å². The number of hydrogen-bond acceptors (Lipinski definition) is 10. The minimum absolute atomic E-state index is 0.256. The van der Waals surface area contributed by atoms with E-state index in [0.717, 1.165) is 4.90 Å². The fourth-order valence-electron chi connectivity index (χ4n) is 3.11. The molecule has 1 saturated heterocycles. The van der Waals surface area contributed by atoms with Crippen molar-refractivity contribution in [3.05, 3.63) is 34.7 Å². The van der Waals surface area contributed by atoms with Gasteiger partial charge in [-0.1, -0.05) is 22.9 Å². The predicted molar refractivity (Wildman–Crippen MR) is 113 cm³/mol. The molecule has 11 nitrogen and oxygen atoms in total. The fraction of sp³-hybridized carbons (Fsp3) is 0.550. The molecule has 3 unspecified atom stereocenters. The molecule has 174 valence electrons. The van der Waals surface area contributed by atoms with Gasteiger partial charge in [0, 0.05) is 30.6 Å². The molecule has 0 saturated carbocycles. The van der Waals surface area contributed by atoms with Gasteiger partial charge in [-0.15, -0.1) is 0 Å². The lowest BCUT2D eigenvalue weighted by atomic mass is 9.97. The Balaban J connectivity index is 2.42. The lowest BCUT2D eigenvalue weighted by Gasteiger charge is -2.43. The SMILES string of the molecule is CCOc1cccc(S[C@H]2OC(COC(C)=O)[C@H](OC(C)=O)C(N=[N+]=[N-])C2OC(C)=O)c1. The lowest BCUT2D eigenvalue weighted by Crippen LogP contribution is -2.59. The lowest BCUT2D eigenvalue weighted by molar-refractivity contribution is -0.201. The Bertz CT molecular complexity index is 876. The first-order chi connectivity index (χ1) is 15.2. The summed E-state index contributed by atoms with van der Waals surface area (Å²) in [5.41, 5.74) is 8.26. The third kappa shape index (κ3) is 7.33. The van der Waals surface area contributed by atoms with Crippen molar-refractivity contribution in [3.63, 3.8) is 0 Å². The molecule has 1 heterocycles. The van der Waals surface area contributed by atoms with Gasteiger partial charge in [0.2, 0.25) is 0 Å². The van der Waals surface area contributed by atoms with Crippen LogP contribution in [0.25, 0.3) is 10.4 Å². The Morgan fingerprint density at radius 1 is 1.12 bits per heavy atom. The van der Waals surface area contributed by atoms with Crippen LogP contribution in [0.2, 0.25) is 0 Å². The van der Waals surface area contributed by atoms with Crippen LogP contribution in [0.5, 0.6) is 5.75 Å². The van der Waals surface area contributed by atoms with Gasteiger partial charge in [-0.25, -0.2) is 0 Å². The van der Waals surface area contributed by atoms with Crippen LogP contribution in [0, 0.1) is 0 Å². The Morgan fingerprint density at radius 2 is 1.81 bits per heavy atom. The van der Waals surface area contributed by atoms with E-state index in [9.17, 15) is 14.4 Å². The van der Waals surface area contributed by atoms with E-state index in [0.29, 0.717) is 12.4 Å². The summed E-state index contributed by atoms with van der Waals surface area (Å²) >= 11 is 1.20. The van der Waals surface area contributed by atoms with Gasteiger partial charge in [-0.3, -0.25) is 14.4 Å². The number of ether oxygens (including phenoxy) is 5. The van der Waals surface area contributed by atoms with Gasteiger partial charge in [-0.2, -0.15) is 0 Å². The highest BCUT2D eigenvalue weighted by atomic mass is 32.2. The molecule has 0 bridgehead atoms. The van der Waals surface area contributed by atoms with E-state index in [1.807, 2.05) is 13.0 Å². The summed E-state index contributed by atoms with van der Waals surface area (Å²) in [6.45, 7) is 5.69. The molecule has 1 fully saturated rings. The van der Waals surface area contributed by atoms with Crippen LogP contribution in [0.4, 0.5) is 0 Å². The van der Waals surface area contributed by atoms with Crippen LogP contribution < -0.4 is 4.74 Å². The number of hydrogen-bond donors (Lipinski definition) is 0. The number of thioether (sulfide) groups is 1. The second-order valence-electron chi connectivity index (χ2n) is 6.71. The van der Waals surface area contributed by atoms with E-state index in [2.05, 4.69) is 10.0 Å². The Kier molecular flexibility index (Phi) is 9.63. The molecule has 12 heteroatoms. The molecule has 1 aromatic carbocycles. The number of nitrogens with zero attached hydrogens (tertiary/aromatic N) is 3. The third-order valence-corrected chi connectivity index (χ3v) is 5.36. The summed E-state index contributed by atoms with van der Waals surface area (Å²) in [5, 5.41) is 3.74. The van der Waals surface area contributed by atoms with Crippen LogP contribution in [-0.4, -0.2) is 60.9 Å². The summed E-state index contributed by atoms with van der Waals surface area (Å²) in [5.74, 6) is -1.23. The largest absolute Gasteiger partial charge is 0.494 e. The average molecular weight is 468 g/mol. The number of rotatable bonds is 9. The van der Waals surface area contributed by atoms with E-state index in [1.54, 1.807) is 18.2 Å². The number of carbonyl (C=O) groups excluding carboxylic acids is 3. The molecule has 0 aromatic heterocycles. The highest BCUT2D eigenvalue weighted by Crippen LogP contribution is 2.38. The second-order valence-corrected chi connectivity index (χ2v) is 7.89. The van der Waals surface area contributed by atoms with Gasteiger partial charge < -0.3 is 23.7 Å². The van der Waals surface area contributed by atoms with Gasteiger partial charge in [0.05, 0.1) is 6.61 Å². The Labute approximate surface area is 189 Å². The van der Waals surface area contributed by atoms with E-state index in [1.165, 1.54) is 32.5 Å². The van der Waals surface area contributed by atoms with Crippen LogP contribution in [0.1, 0.15) is 27.7 Å².